The first kappa shape index (κ1) is 15.8. The van der Waals surface area contributed by atoms with Crippen molar-refractivity contribution in [3.8, 4) is 0 Å². The van der Waals surface area contributed by atoms with Crippen molar-refractivity contribution in [3.63, 3.8) is 0 Å². The zero-order valence-electron chi connectivity index (χ0n) is 12.3. The molecule has 21 heavy (non-hydrogen) atoms. The van der Waals surface area contributed by atoms with Crippen molar-refractivity contribution in [1.82, 2.24) is 4.90 Å². The van der Waals surface area contributed by atoms with Gasteiger partial charge in [0.05, 0.1) is 11.6 Å². The molecule has 2 unspecified atom stereocenters. The molecule has 0 radical (unpaired) electrons. The number of nitrogens with zero attached hydrogens (tertiary/aromatic N) is 1. The molecule has 2 N–H and O–H groups in total. The number of nitrogens with one attached hydrogen (secondary N) is 1. The Morgan fingerprint density at radius 3 is 2.52 bits per heavy atom. The maximum Gasteiger partial charge on any atom is 0.321 e. The van der Waals surface area contributed by atoms with Crippen LogP contribution in [0.15, 0.2) is 16.6 Å². The number of amides is 2. The van der Waals surface area contributed by atoms with E-state index in [9.17, 15) is 9.59 Å². The Labute approximate surface area is 132 Å². The van der Waals surface area contributed by atoms with Crippen LogP contribution in [0.2, 0.25) is 0 Å². The predicted octanol–water partition coefficient (Wildman–Crippen LogP) is 3.25. The van der Waals surface area contributed by atoms with Gasteiger partial charge in [0.25, 0.3) is 0 Å². The van der Waals surface area contributed by atoms with Gasteiger partial charge in [-0.1, -0.05) is 13.0 Å². The fraction of sp³-hybridized carbons (Fsp3) is 0.467. The van der Waals surface area contributed by atoms with Gasteiger partial charge in [0.2, 0.25) is 0 Å². The van der Waals surface area contributed by atoms with Crippen molar-refractivity contribution in [2.24, 2.45) is 11.8 Å². The van der Waals surface area contributed by atoms with Gasteiger partial charge in [-0.15, -0.1) is 0 Å². The Morgan fingerprint density at radius 2 is 2.00 bits per heavy atom. The number of urea groups is 1. The van der Waals surface area contributed by atoms with Crippen molar-refractivity contribution in [2.45, 2.75) is 20.8 Å². The SMILES string of the molecule is Cc1cc(C)c(NC(=O)N2CC(C)C(C(=O)O)C2)c(Br)c1. The molecule has 0 bridgehead atoms. The van der Waals surface area contributed by atoms with Crippen molar-refractivity contribution >= 4 is 33.6 Å². The molecule has 1 fully saturated rings. The zero-order valence-corrected chi connectivity index (χ0v) is 13.9. The number of carboxylic acid groups (broad SMARTS) is 1. The van der Waals surface area contributed by atoms with Crippen LogP contribution in [0.25, 0.3) is 0 Å². The summed E-state index contributed by atoms with van der Waals surface area (Å²) in [7, 11) is 0. The van der Waals surface area contributed by atoms with Gasteiger partial charge < -0.3 is 15.3 Å². The number of carbonyl (C=O) groups is 2. The quantitative estimate of drug-likeness (QED) is 0.856. The van der Waals surface area contributed by atoms with E-state index in [1.807, 2.05) is 32.9 Å². The third kappa shape index (κ3) is 3.37. The van der Waals surface area contributed by atoms with E-state index in [0.29, 0.717) is 6.54 Å². The molecule has 2 atom stereocenters. The first-order chi connectivity index (χ1) is 9.79. The largest absolute Gasteiger partial charge is 0.481 e. The maximum atomic E-state index is 12.3. The predicted molar refractivity (Wildman–Crippen MR) is 84.5 cm³/mol. The van der Waals surface area contributed by atoms with Crippen LogP contribution in [0.3, 0.4) is 0 Å². The number of rotatable bonds is 2. The first-order valence-electron chi connectivity index (χ1n) is 6.85. The fourth-order valence-corrected chi connectivity index (χ4v) is 3.49. The minimum Gasteiger partial charge on any atom is -0.481 e. The molecule has 6 heteroatoms. The lowest BCUT2D eigenvalue weighted by atomic mass is 9.99. The van der Waals surface area contributed by atoms with E-state index in [4.69, 9.17) is 5.11 Å². The number of carboxylic acids is 1. The summed E-state index contributed by atoms with van der Waals surface area (Å²) in [5, 5.41) is 12.0. The van der Waals surface area contributed by atoms with Crippen LogP contribution in [-0.4, -0.2) is 35.1 Å². The molecule has 1 aromatic carbocycles. The number of halogens is 1. The van der Waals surface area contributed by atoms with Crippen LogP contribution in [0.4, 0.5) is 10.5 Å². The summed E-state index contributed by atoms with van der Waals surface area (Å²) in [5.74, 6) is -1.36. The van der Waals surface area contributed by atoms with Crippen molar-refractivity contribution in [3.05, 3.63) is 27.7 Å². The van der Waals surface area contributed by atoms with Crippen LogP contribution in [0.5, 0.6) is 0 Å². The Morgan fingerprint density at radius 1 is 1.33 bits per heavy atom. The average molecular weight is 355 g/mol. The molecule has 0 aliphatic carbocycles. The molecule has 1 heterocycles. The van der Waals surface area contributed by atoms with Gasteiger partial charge in [0.1, 0.15) is 0 Å². The number of carbonyl (C=O) groups excluding carboxylic acids is 1. The highest BCUT2D eigenvalue weighted by Gasteiger charge is 2.37. The average Bonchev–Trinajstić information content (AvgIpc) is 2.75. The molecular formula is C15H19BrN2O3. The molecule has 1 aliphatic rings. The highest BCUT2D eigenvalue weighted by atomic mass is 79.9. The van der Waals surface area contributed by atoms with Crippen molar-refractivity contribution < 1.29 is 14.7 Å². The van der Waals surface area contributed by atoms with Crippen LogP contribution in [0, 0.1) is 25.7 Å². The number of benzene rings is 1. The van der Waals surface area contributed by atoms with E-state index < -0.39 is 11.9 Å². The number of aryl methyl sites for hydroxylation is 2. The topological polar surface area (TPSA) is 69.6 Å². The summed E-state index contributed by atoms with van der Waals surface area (Å²) >= 11 is 3.45. The van der Waals surface area contributed by atoms with Gasteiger partial charge in [-0.05, 0) is 52.9 Å². The number of aliphatic carboxylic acids is 1. The summed E-state index contributed by atoms with van der Waals surface area (Å²) in [6.07, 6.45) is 0. The van der Waals surface area contributed by atoms with Gasteiger partial charge in [-0.3, -0.25) is 4.79 Å². The highest BCUT2D eigenvalue weighted by Crippen LogP contribution is 2.29. The second kappa shape index (κ2) is 6.05. The molecule has 114 valence electrons. The second-order valence-electron chi connectivity index (χ2n) is 5.70. The Hall–Kier alpha value is -1.56. The molecule has 0 aromatic heterocycles. The van der Waals surface area contributed by atoms with Gasteiger partial charge in [-0.25, -0.2) is 4.79 Å². The molecule has 2 amide bonds. The lowest BCUT2D eigenvalue weighted by Gasteiger charge is -2.19. The second-order valence-corrected chi connectivity index (χ2v) is 6.55. The Balaban J connectivity index is 2.11. The molecule has 1 saturated heterocycles. The first-order valence-corrected chi connectivity index (χ1v) is 7.64. The number of hydrogen-bond acceptors (Lipinski definition) is 2. The monoisotopic (exact) mass is 354 g/mol. The number of likely N-dealkylation sites (tertiary alicyclic amines) is 1. The molecule has 1 aliphatic heterocycles. The lowest BCUT2D eigenvalue weighted by molar-refractivity contribution is -0.142. The smallest absolute Gasteiger partial charge is 0.321 e. The van der Waals surface area contributed by atoms with Gasteiger partial charge in [0.15, 0.2) is 0 Å². The van der Waals surface area contributed by atoms with Crippen molar-refractivity contribution in [1.29, 1.82) is 0 Å². The van der Waals surface area contributed by atoms with Gasteiger partial charge in [0, 0.05) is 17.6 Å². The summed E-state index contributed by atoms with van der Waals surface area (Å²) in [4.78, 5) is 25.0. The molecule has 0 saturated carbocycles. The summed E-state index contributed by atoms with van der Waals surface area (Å²) in [6.45, 7) is 6.50. The van der Waals surface area contributed by atoms with Crippen molar-refractivity contribution in [2.75, 3.05) is 18.4 Å². The highest BCUT2D eigenvalue weighted by molar-refractivity contribution is 9.10. The molecule has 2 rings (SSSR count). The molecule has 0 spiro atoms. The molecular weight excluding hydrogens is 336 g/mol. The van der Waals surface area contributed by atoms with Gasteiger partial charge in [-0.2, -0.15) is 0 Å². The molecule has 5 nitrogen and oxygen atoms in total. The summed E-state index contributed by atoms with van der Waals surface area (Å²) in [6, 6.07) is 3.68. The lowest BCUT2D eigenvalue weighted by Crippen LogP contribution is -2.34. The van der Waals surface area contributed by atoms with Crippen LogP contribution in [0.1, 0.15) is 18.1 Å². The van der Waals surface area contributed by atoms with Crippen LogP contribution >= 0.6 is 15.9 Å². The third-order valence-electron chi connectivity index (χ3n) is 3.88. The minimum absolute atomic E-state index is 0.0317. The maximum absolute atomic E-state index is 12.3. The Bertz CT molecular complexity index is 565. The fourth-order valence-electron chi connectivity index (χ4n) is 2.71. The third-order valence-corrected chi connectivity index (χ3v) is 4.51. The van der Waals surface area contributed by atoms with E-state index in [1.54, 1.807) is 4.90 Å². The normalized spacial score (nSPS) is 21.4. The van der Waals surface area contributed by atoms with E-state index in [-0.39, 0.29) is 18.5 Å². The van der Waals surface area contributed by atoms with E-state index in [0.717, 1.165) is 21.3 Å². The Kier molecular flexibility index (Phi) is 4.56. The zero-order chi connectivity index (χ0) is 15.7. The summed E-state index contributed by atoms with van der Waals surface area (Å²) < 4.78 is 0.829. The minimum atomic E-state index is -0.842. The number of anilines is 1. The molecule has 1 aromatic rings. The van der Waals surface area contributed by atoms with E-state index in [2.05, 4.69) is 21.2 Å². The standard InChI is InChI=1S/C15H19BrN2O3/c1-8-4-9(2)13(12(16)5-8)17-15(21)18-6-10(3)11(7-18)14(19)20/h4-5,10-11H,6-7H2,1-3H3,(H,17,21)(H,19,20). The van der Waals surface area contributed by atoms with Gasteiger partial charge >= 0.3 is 12.0 Å². The number of hydrogen-bond donors (Lipinski definition) is 2. The van der Waals surface area contributed by atoms with E-state index >= 15 is 0 Å². The summed E-state index contributed by atoms with van der Waals surface area (Å²) in [5.41, 5.74) is 2.81. The van der Waals surface area contributed by atoms with Crippen LogP contribution < -0.4 is 5.32 Å². The van der Waals surface area contributed by atoms with Crippen LogP contribution in [-0.2, 0) is 4.79 Å². The van der Waals surface area contributed by atoms with E-state index in [1.165, 1.54) is 0 Å².